The zero-order valence-corrected chi connectivity index (χ0v) is 11.1. The SMILES string of the molecule is N#Cc1cnn(CC2C3CC4CC(C3)CC2C4)c1N. The van der Waals surface area contributed by atoms with Crippen LogP contribution in [0.4, 0.5) is 5.82 Å². The van der Waals surface area contributed by atoms with Crippen LogP contribution in [0.3, 0.4) is 0 Å². The smallest absolute Gasteiger partial charge is 0.139 e. The zero-order valence-electron chi connectivity index (χ0n) is 11.1. The lowest BCUT2D eigenvalue weighted by Crippen LogP contribution is -2.46. The van der Waals surface area contributed by atoms with Crippen molar-refractivity contribution >= 4 is 5.82 Å². The Hall–Kier alpha value is -1.50. The van der Waals surface area contributed by atoms with Crippen LogP contribution in [0.5, 0.6) is 0 Å². The molecule has 4 fully saturated rings. The topological polar surface area (TPSA) is 67.6 Å². The molecule has 1 aromatic rings. The molecule has 0 spiro atoms. The van der Waals surface area contributed by atoms with E-state index in [0.29, 0.717) is 11.4 Å². The van der Waals surface area contributed by atoms with E-state index in [9.17, 15) is 0 Å². The number of aromatic nitrogens is 2. The number of nitriles is 1. The van der Waals surface area contributed by atoms with Crippen LogP contribution in [-0.4, -0.2) is 9.78 Å². The quantitative estimate of drug-likeness (QED) is 0.883. The van der Waals surface area contributed by atoms with E-state index in [2.05, 4.69) is 11.2 Å². The van der Waals surface area contributed by atoms with E-state index in [-0.39, 0.29) is 0 Å². The minimum Gasteiger partial charge on any atom is -0.383 e. The molecule has 2 N–H and O–H groups in total. The molecule has 4 nitrogen and oxygen atoms in total. The molecule has 4 aliphatic rings. The molecule has 0 saturated heterocycles. The van der Waals surface area contributed by atoms with Crippen molar-refractivity contribution in [2.75, 3.05) is 5.73 Å². The molecular formula is C15H20N4. The predicted octanol–water partition coefficient (Wildman–Crippen LogP) is 2.41. The molecule has 0 aromatic carbocycles. The maximum absolute atomic E-state index is 8.96. The highest BCUT2D eigenvalue weighted by atomic mass is 15.3. The molecule has 0 radical (unpaired) electrons. The van der Waals surface area contributed by atoms with Gasteiger partial charge in [0.25, 0.3) is 0 Å². The fraction of sp³-hybridized carbons (Fsp3) is 0.733. The number of rotatable bonds is 2. The highest BCUT2D eigenvalue weighted by Crippen LogP contribution is 2.56. The van der Waals surface area contributed by atoms with Gasteiger partial charge in [-0.1, -0.05) is 0 Å². The second-order valence-electron chi connectivity index (χ2n) is 6.83. The Kier molecular flexibility index (Phi) is 2.38. The maximum atomic E-state index is 8.96. The third kappa shape index (κ3) is 1.68. The first kappa shape index (κ1) is 11.3. The van der Waals surface area contributed by atoms with Crippen molar-refractivity contribution in [2.45, 2.75) is 38.6 Å². The molecule has 4 saturated carbocycles. The van der Waals surface area contributed by atoms with Gasteiger partial charge in [-0.3, -0.25) is 0 Å². The first-order valence-corrected chi connectivity index (χ1v) is 7.46. The highest BCUT2D eigenvalue weighted by Gasteiger charge is 2.48. The Balaban J connectivity index is 1.57. The predicted molar refractivity (Wildman–Crippen MR) is 71.9 cm³/mol. The van der Waals surface area contributed by atoms with Gasteiger partial charge < -0.3 is 5.73 Å². The van der Waals surface area contributed by atoms with E-state index in [1.54, 1.807) is 6.20 Å². The van der Waals surface area contributed by atoms with Crippen LogP contribution in [0.15, 0.2) is 6.20 Å². The molecule has 4 heteroatoms. The van der Waals surface area contributed by atoms with Gasteiger partial charge in [0.15, 0.2) is 0 Å². The van der Waals surface area contributed by atoms with Crippen LogP contribution >= 0.6 is 0 Å². The summed E-state index contributed by atoms with van der Waals surface area (Å²) in [4.78, 5) is 0. The molecule has 0 unspecified atom stereocenters. The molecular weight excluding hydrogens is 236 g/mol. The van der Waals surface area contributed by atoms with Gasteiger partial charge in [0.1, 0.15) is 17.5 Å². The van der Waals surface area contributed by atoms with Crippen molar-refractivity contribution in [3.63, 3.8) is 0 Å². The lowest BCUT2D eigenvalue weighted by molar-refractivity contribution is -0.0440. The molecule has 0 atom stereocenters. The van der Waals surface area contributed by atoms with Gasteiger partial charge in [-0.2, -0.15) is 10.4 Å². The summed E-state index contributed by atoms with van der Waals surface area (Å²) in [6.07, 6.45) is 8.77. The Morgan fingerprint density at radius 3 is 2.37 bits per heavy atom. The van der Waals surface area contributed by atoms with E-state index in [4.69, 9.17) is 11.0 Å². The largest absolute Gasteiger partial charge is 0.383 e. The Labute approximate surface area is 113 Å². The summed E-state index contributed by atoms with van der Waals surface area (Å²) in [5.41, 5.74) is 6.51. The molecule has 4 bridgehead atoms. The van der Waals surface area contributed by atoms with Crippen LogP contribution in [-0.2, 0) is 6.54 Å². The van der Waals surface area contributed by atoms with Gasteiger partial charge in [-0.25, -0.2) is 4.68 Å². The molecule has 0 amide bonds. The number of nitrogen functional groups attached to an aromatic ring is 1. The summed E-state index contributed by atoms with van der Waals surface area (Å²) in [5.74, 6) is 5.06. The van der Waals surface area contributed by atoms with Gasteiger partial charge in [0.2, 0.25) is 0 Å². The second kappa shape index (κ2) is 4.00. The molecule has 0 aliphatic heterocycles. The van der Waals surface area contributed by atoms with E-state index in [1.807, 2.05) is 4.68 Å². The van der Waals surface area contributed by atoms with Gasteiger partial charge in [0, 0.05) is 6.54 Å². The van der Waals surface area contributed by atoms with Crippen molar-refractivity contribution < 1.29 is 0 Å². The van der Waals surface area contributed by atoms with Gasteiger partial charge in [-0.05, 0) is 61.7 Å². The van der Waals surface area contributed by atoms with Crippen LogP contribution < -0.4 is 5.73 Å². The Morgan fingerprint density at radius 1 is 1.21 bits per heavy atom. The second-order valence-corrected chi connectivity index (χ2v) is 6.83. The highest BCUT2D eigenvalue weighted by molar-refractivity contribution is 5.47. The Bertz CT molecular complexity index is 511. The normalized spacial score (nSPS) is 39.4. The summed E-state index contributed by atoms with van der Waals surface area (Å²) in [7, 11) is 0. The molecule has 19 heavy (non-hydrogen) atoms. The number of nitrogens with zero attached hydrogens (tertiary/aromatic N) is 3. The number of nitrogens with two attached hydrogens (primary N) is 1. The lowest BCUT2D eigenvalue weighted by Gasteiger charge is -2.54. The monoisotopic (exact) mass is 256 g/mol. The first-order chi connectivity index (χ1) is 9.24. The third-order valence-corrected chi connectivity index (χ3v) is 5.81. The summed E-state index contributed by atoms with van der Waals surface area (Å²) < 4.78 is 1.87. The summed E-state index contributed by atoms with van der Waals surface area (Å²) in [6, 6.07) is 2.11. The standard InChI is InChI=1S/C15H20N4/c16-6-13-7-18-19(15(13)17)8-14-11-2-9-1-10(4-11)5-12(14)3-9/h7,9-12,14H,1-5,8,17H2. The first-order valence-electron chi connectivity index (χ1n) is 7.46. The summed E-state index contributed by atoms with van der Waals surface area (Å²) in [5, 5.41) is 13.3. The van der Waals surface area contributed by atoms with E-state index in [0.717, 1.165) is 36.1 Å². The van der Waals surface area contributed by atoms with Crippen LogP contribution in [0.1, 0.15) is 37.7 Å². The minimum atomic E-state index is 0.517. The molecule has 5 rings (SSSR count). The third-order valence-electron chi connectivity index (χ3n) is 5.81. The van der Waals surface area contributed by atoms with E-state index < -0.39 is 0 Å². The summed E-state index contributed by atoms with van der Waals surface area (Å²) in [6.45, 7) is 0.919. The fourth-order valence-electron chi connectivity index (χ4n) is 5.16. The number of hydrogen-bond donors (Lipinski definition) is 1. The van der Waals surface area contributed by atoms with Crippen LogP contribution in [0.2, 0.25) is 0 Å². The lowest BCUT2D eigenvalue weighted by atomic mass is 9.52. The minimum absolute atomic E-state index is 0.517. The van der Waals surface area contributed by atoms with Crippen molar-refractivity contribution in [3.05, 3.63) is 11.8 Å². The van der Waals surface area contributed by atoms with Gasteiger partial charge in [-0.15, -0.1) is 0 Å². The van der Waals surface area contributed by atoms with Crippen molar-refractivity contribution in [1.29, 1.82) is 5.26 Å². The van der Waals surface area contributed by atoms with Crippen LogP contribution in [0.25, 0.3) is 0 Å². The fourth-order valence-corrected chi connectivity index (χ4v) is 5.16. The molecule has 100 valence electrons. The zero-order chi connectivity index (χ0) is 13.0. The Morgan fingerprint density at radius 2 is 1.84 bits per heavy atom. The summed E-state index contributed by atoms with van der Waals surface area (Å²) >= 11 is 0. The van der Waals surface area contributed by atoms with Crippen molar-refractivity contribution in [1.82, 2.24) is 9.78 Å². The average molecular weight is 256 g/mol. The maximum Gasteiger partial charge on any atom is 0.139 e. The van der Waals surface area contributed by atoms with Gasteiger partial charge >= 0.3 is 0 Å². The van der Waals surface area contributed by atoms with Gasteiger partial charge in [0.05, 0.1) is 6.20 Å². The average Bonchev–Trinajstić information content (AvgIpc) is 2.74. The van der Waals surface area contributed by atoms with E-state index >= 15 is 0 Å². The number of hydrogen-bond acceptors (Lipinski definition) is 3. The molecule has 1 heterocycles. The molecule has 4 aliphatic carbocycles. The van der Waals surface area contributed by atoms with E-state index in [1.165, 1.54) is 32.1 Å². The van der Waals surface area contributed by atoms with Crippen LogP contribution in [0, 0.1) is 40.9 Å². The van der Waals surface area contributed by atoms with Crippen molar-refractivity contribution in [2.24, 2.45) is 29.6 Å². The molecule has 1 aromatic heterocycles. The number of anilines is 1. The van der Waals surface area contributed by atoms with Crippen molar-refractivity contribution in [3.8, 4) is 6.07 Å².